The number of benzene rings is 1. The van der Waals surface area contributed by atoms with E-state index >= 15 is 0 Å². The molecule has 0 aromatic heterocycles. The summed E-state index contributed by atoms with van der Waals surface area (Å²) in [4.78, 5) is 11.5. The molecule has 116 valence electrons. The summed E-state index contributed by atoms with van der Waals surface area (Å²) in [5.74, 6) is 1.63. The van der Waals surface area contributed by atoms with E-state index in [0.29, 0.717) is 32.7 Å². The van der Waals surface area contributed by atoms with Crippen LogP contribution in [0.1, 0.15) is 18.4 Å². The molecule has 0 aliphatic carbocycles. The maximum Gasteiger partial charge on any atom is 0.231 e. The minimum atomic E-state index is 0.0595. The van der Waals surface area contributed by atoms with Gasteiger partial charge >= 0.3 is 0 Å². The van der Waals surface area contributed by atoms with Crippen LogP contribution in [0.2, 0.25) is 0 Å². The van der Waals surface area contributed by atoms with E-state index in [2.05, 4.69) is 10.6 Å². The molecule has 6 nitrogen and oxygen atoms in total. The molecule has 1 aromatic carbocycles. The van der Waals surface area contributed by atoms with Crippen molar-refractivity contribution in [3.05, 3.63) is 23.8 Å². The normalized spacial score (nSPS) is 12.4. The van der Waals surface area contributed by atoms with Gasteiger partial charge in [0.2, 0.25) is 12.7 Å². The van der Waals surface area contributed by atoms with Gasteiger partial charge in [-0.25, -0.2) is 0 Å². The van der Waals surface area contributed by atoms with E-state index in [4.69, 9.17) is 14.2 Å². The summed E-state index contributed by atoms with van der Waals surface area (Å²) in [7, 11) is 1.65. The summed E-state index contributed by atoms with van der Waals surface area (Å²) >= 11 is 0. The molecule has 1 aliphatic rings. The Labute approximate surface area is 124 Å². The molecule has 21 heavy (non-hydrogen) atoms. The van der Waals surface area contributed by atoms with Gasteiger partial charge in [0.25, 0.3) is 0 Å². The molecule has 1 amide bonds. The molecule has 0 fully saturated rings. The van der Waals surface area contributed by atoms with Crippen LogP contribution in [0, 0.1) is 0 Å². The number of amides is 1. The molecule has 1 aliphatic heterocycles. The van der Waals surface area contributed by atoms with Gasteiger partial charge in [-0.15, -0.1) is 0 Å². The fourth-order valence-electron chi connectivity index (χ4n) is 2.02. The van der Waals surface area contributed by atoms with E-state index in [9.17, 15) is 4.79 Å². The van der Waals surface area contributed by atoms with Crippen molar-refractivity contribution in [2.24, 2.45) is 0 Å². The maximum absolute atomic E-state index is 11.5. The Balaban J connectivity index is 1.58. The monoisotopic (exact) mass is 294 g/mol. The number of ether oxygens (including phenoxy) is 3. The lowest BCUT2D eigenvalue weighted by molar-refractivity contribution is -0.121. The molecule has 0 atom stereocenters. The molecule has 1 aromatic rings. The predicted octanol–water partition coefficient (Wildman–Crippen LogP) is 1.05. The van der Waals surface area contributed by atoms with Crippen molar-refractivity contribution in [2.45, 2.75) is 19.4 Å². The Hall–Kier alpha value is -1.79. The second-order valence-corrected chi connectivity index (χ2v) is 4.81. The number of carbonyl (C=O) groups is 1. The first-order valence-corrected chi connectivity index (χ1v) is 7.14. The number of hydrogen-bond acceptors (Lipinski definition) is 5. The topological polar surface area (TPSA) is 68.8 Å². The Morgan fingerprint density at radius 3 is 3.00 bits per heavy atom. The molecule has 6 heteroatoms. The second kappa shape index (κ2) is 8.49. The molecule has 0 saturated heterocycles. The molecular formula is C15H22N2O4. The molecular weight excluding hydrogens is 272 g/mol. The largest absolute Gasteiger partial charge is 0.454 e. The summed E-state index contributed by atoms with van der Waals surface area (Å²) in [6.45, 7) is 2.96. The zero-order valence-corrected chi connectivity index (χ0v) is 12.3. The van der Waals surface area contributed by atoms with Gasteiger partial charge in [-0.3, -0.25) is 4.79 Å². The van der Waals surface area contributed by atoms with Gasteiger partial charge in [-0.2, -0.15) is 0 Å². The first kappa shape index (κ1) is 15.6. The van der Waals surface area contributed by atoms with Gasteiger partial charge in [0.1, 0.15) is 0 Å². The maximum atomic E-state index is 11.5. The van der Waals surface area contributed by atoms with Crippen LogP contribution in [0.15, 0.2) is 18.2 Å². The van der Waals surface area contributed by atoms with Crippen molar-refractivity contribution in [2.75, 3.05) is 33.6 Å². The summed E-state index contributed by atoms with van der Waals surface area (Å²) in [5, 5.41) is 6.10. The zero-order valence-electron chi connectivity index (χ0n) is 12.3. The lowest BCUT2D eigenvalue weighted by Gasteiger charge is -2.07. The standard InChI is InChI=1S/C15H22N2O4/c1-19-8-2-6-17-15(18)5-7-16-10-12-3-4-13-14(9-12)21-11-20-13/h3-4,9,16H,2,5-8,10-11H2,1H3,(H,17,18). The molecule has 2 rings (SSSR count). The predicted molar refractivity (Wildman–Crippen MR) is 78.4 cm³/mol. The van der Waals surface area contributed by atoms with Crippen molar-refractivity contribution in [3.63, 3.8) is 0 Å². The lowest BCUT2D eigenvalue weighted by Crippen LogP contribution is -2.28. The number of hydrogen-bond donors (Lipinski definition) is 2. The molecule has 0 unspecified atom stereocenters. The van der Waals surface area contributed by atoms with Gasteiger partial charge in [-0.05, 0) is 24.1 Å². The van der Waals surface area contributed by atoms with Crippen LogP contribution in [-0.2, 0) is 16.1 Å². The zero-order chi connectivity index (χ0) is 14.9. The number of methoxy groups -OCH3 is 1. The number of rotatable bonds is 9. The minimum Gasteiger partial charge on any atom is -0.454 e. The molecule has 0 saturated carbocycles. The third-order valence-electron chi connectivity index (χ3n) is 3.14. The van der Waals surface area contributed by atoms with E-state index in [1.165, 1.54) is 0 Å². The average molecular weight is 294 g/mol. The highest BCUT2D eigenvalue weighted by atomic mass is 16.7. The van der Waals surface area contributed by atoms with Crippen LogP contribution >= 0.6 is 0 Å². The van der Waals surface area contributed by atoms with Gasteiger partial charge in [-0.1, -0.05) is 6.07 Å². The number of nitrogens with one attached hydrogen (secondary N) is 2. The third kappa shape index (κ3) is 5.24. The smallest absolute Gasteiger partial charge is 0.231 e. The Morgan fingerprint density at radius 2 is 2.14 bits per heavy atom. The molecule has 0 bridgehead atoms. The van der Waals surface area contributed by atoms with Crippen molar-refractivity contribution < 1.29 is 19.0 Å². The molecule has 1 heterocycles. The van der Waals surface area contributed by atoms with E-state index < -0.39 is 0 Å². The Kier molecular flexibility index (Phi) is 6.30. The van der Waals surface area contributed by atoms with E-state index in [1.54, 1.807) is 7.11 Å². The third-order valence-corrected chi connectivity index (χ3v) is 3.14. The van der Waals surface area contributed by atoms with Crippen LogP contribution in [0.25, 0.3) is 0 Å². The van der Waals surface area contributed by atoms with Crippen molar-refractivity contribution in [1.82, 2.24) is 10.6 Å². The summed E-state index contributed by atoms with van der Waals surface area (Å²) in [6, 6.07) is 5.85. The minimum absolute atomic E-state index is 0.0595. The molecule has 0 radical (unpaired) electrons. The summed E-state index contributed by atoms with van der Waals surface area (Å²) in [6.07, 6.45) is 1.31. The second-order valence-electron chi connectivity index (χ2n) is 4.81. The molecule has 2 N–H and O–H groups in total. The van der Waals surface area contributed by atoms with E-state index in [-0.39, 0.29) is 12.7 Å². The highest BCUT2D eigenvalue weighted by Crippen LogP contribution is 2.32. The highest BCUT2D eigenvalue weighted by Gasteiger charge is 2.12. The summed E-state index contributed by atoms with van der Waals surface area (Å²) < 4.78 is 15.5. The molecule has 0 spiro atoms. The van der Waals surface area contributed by atoms with E-state index in [0.717, 1.165) is 23.5 Å². The highest BCUT2D eigenvalue weighted by molar-refractivity contribution is 5.75. The SMILES string of the molecule is COCCCNC(=O)CCNCc1ccc2c(c1)OCO2. The Morgan fingerprint density at radius 1 is 1.29 bits per heavy atom. The first-order chi connectivity index (χ1) is 10.3. The van der Waals surface area contributed by atoms with Gasteiger partial charge in [0, 0.05) is 39.8 Å². The van der Waals surface area contributed by atoms with Crippen LogP contribution in [0.3, 0.4) is 0 Å². The average Bonchev–Trinajstić information content (AvgIpc) is 2.96. The van der Waals surface area contributed by atoms with Gasteiger partial charge in [0.15, 0.2) is 11.5 Å². The van der Waals surface area contributed by atoms with Crippen molar-refractivity contribution in [3.8, 4) is 11.5 Å². The van der Waals surface area contributed by atoms with Crippen molar-refractivity contribution >= 4 is 5.91 Å². The quantitative estimate of drug-likeness (QED) is 0.666. The Bertz CT molecular complexity index is 465. The van der Waals surface area contributed by atoms with Crippen LogP contribution in [-0.4, -0.2) is 39.5 Å². The fourth-order valence-corrected chi connectivity index (χ4v) is 2.02. The van der Waals surface area contributed by atoms with Crippen LogP contribution < -0.4 is 20.1 Å². The van der Waals surface area contributed by atoms with Crippen LogP contribution in [0.4, 0.5) is 0 Å². The van der Waals surface area contributed by atoms with Gasteiger partial charge < -0.3 is 24.8 Å². The first-order valence-electron chi connectivity index (χ1n) is 7.14. The number of carbonyl (C=O) groups excluding carboxylic acids is 1. The van der Waals surface area contributed by atoms with Gasteiger partial charge in [0.05, 0.1) is 0 Å². The fraction of sp³-hybridized carbons (Fsp3) is 0.533. The van der Waals surface area contributed by atoms with Crippen LogP contribution in [0.5, 0.6) is 11.5 Å². The number of fused-ring (bicyclic) bond motifs is 1. The lowest BCUT2D eigenvalue weighted by atomic mass is 10.2. The van der Waals surface area contributed by atoms with E-state index in [1.807, 2.05) is 18.2 Å². The summed E-state index contributed by atoms with van der Waals surface area (Å²) in [5.41, 5.74) is 1.11. The van der Waals surface area contributed by atoms with Crippen molar-refractivity contribution in [1.29, 1.82) is 0 Å².